The highest BCUT2D eigenvalue weighted by molar-refractivity contribution is 5.99. The lowest BCUT2D eigenvalue weighted by Gasteiger charge is -2.10. The Bertz CT molecular complexity index is 558. The first kappa shape index (κ1) is 12.1. The number of fused-ring (bicyclic) bond motifs is 1. The summed E-state index contributed by atoms with van der Waals surface area (Å²) in [5.41, 5.74) is 1.05. The second-order valence-electron chi connectivity index (χ2n) is 3.82. The molecule has 0 unspecified atom stereocenters. The van der Waals surface area contributed by atoms with Crippen LogP contribution in [0, 0.1) is 0 Å². The Morgan fingerprint density at radius 3 is 2.67 bits per heavy atom. The zero-order valence-electron chi connectivity index (χ0n) is 9.38. The Morgan fingerprint density at radius 2 is 2.06 bits per heavy atom. The van der Waals surface area contributed by atoms with Crippen molar-refractivity contribution in [1.29, 1.82) is 0 Å². The van der Waals surface area contributed by atoms with E-state index in [4.69, 9.17) is 10.2 Å². The predicted octanol–water partition coefficient (Wildman–Crippen LogP) is 0.343. The molecule has 0 bridgehead atoms. The zero-order chi connectivity index (χ0) is 13.1. The molecule has 6 nitrogen and oxygen atoms in total. The molecule has 2 rings (SSSR count). The van der Waals surface area contributed by atoms with Crippen LogP contribution < -0.4 is 5.32 Å². The van der Waals surface area contributed by atoms with Crippen LogP contribution in [0.25, 0.3) is 10.9 Å². The molecule has 1 aromatic carbocycles. The van der Waals surface area contributed by atoms with Gasteiger partial charge in [-0.25, -0.2) is 4.79 Å². The van der Waals surface area contributed by atoms with Crippen LogP contribution in [0.4, 0.5) is 0 Å². The third-order valence-electron chi connectivity index (χ3n) is 2.56. The van der Waals surface area contributed by atoms with Gasteiger partial charge in [0, 0.05) is 10.9 Å². The van der Waals surface area contributed by atoms with E-state index in [1.54, 1.807) is 6.07 Å². The van der Waals surface area contributed by atoms with Gasteiger partial charge in [-0.2, -0.15) is 0 Å². The van der Waals surface area contributed by atoms with E-state index in [-0.39, 0.29) is 5.69 Å². The van der Waals surface area contributed by atoms with Crippen LogP contribution in [-0.4, -0.2) is 39.7 Å². The first-order chi connectivity index (χ1) is 8.61. The van der Waals surface area contributed by atoms with Gasteiger partial charge in [-0.1, -0.05) is 18.2 Å². The van der Waals surface area contributed by atoms with Gasteiger partial charge in [0.05, 0.1) is 6.61 Å². The summed E-state index contributed by atoms with van der Waals surface area (Å²) in [7, 11) is 0. The number of amides is 1. The summed E-state index contributed by atoms with van der Waals surface area (Å²) in [6.45, 7) is -0.651. The van der Waals surface area contributed by atoms with E-state index in [2.05, 4.69) is 10.3 Å². The fourth-order valence-corrected chi connectivity index (χ4v) is 1.62. The van der Waals surface area contributed by atoms with Gasteiger partial charge in [0.2, 0.25) is 0 Å². The molecule has 4 N–H and O–H groups in total. The number of hydrogen-bond acceptors (Lipinski definition) is 3. The molecule has 0 aliphatic rings. The first-order valence-corrected chi connectivity index (χ1v) is 5.34. The quantitative estimate of drug-likeness (QED) is 0.626. The molecule has 1 amide bonds. The standard InChI is InChI=1S/C12H12N2O4/c15-6-10(12(17)18)14-11(16)9-5-7-3-1-2-4-8(7)13-9/h1-5,10,13,15H,6H2,(H,14,16)(H,17,18)/t10-/m1/s1. The fraction of sp³-hybridized carbons (Fsp3) is 0.167. The number of aliphatic hydroxyl groups excluding tert-OH is 1. The number of hydrogen-bond donors (Lipinski definition) is 4. The lowest BCUT2D eigenvalue weighted by Crippen LogP contribution is -2.43. The van der Waals surface area contributed by atoms with E-state index in [1.165, 1.54) is 0 Å². The molecule has 1 atom stereocenters. The Morgan fingerprint density at radius 1 is 1.33 bits per heavy atom. The summed E-state index contributed by atoms with van der Waals surface area (Å²) < 4.78 is 0. The highest BCUT2D eigenvalue weighted by atomic mass is 16.4. The molecule has 0 aliphatic carbocycles. The maximum Gasteiger partial charge on any atom is 0.328 e. The molecule has 0 saturated carbocycles. The van der Waals surface area contributed by atoms with Crippen LogP contribution in [0.2, 0.25) is 0 Å². The molecule has 0 spiro atoms. The number of rotatable bonds is 4. The van der Waals surface area contributed by atoms with Crippen molar-refractivity contribution in [2.75, 3.05) is 6.61 Å². The van der Waals surface area contributed by atoms with Crippen LogP contribution in [0.3, 0.4) is 0 Å². The fourth-order valence-electron chi connectivity index (χ4n) is 1.62. The minimum absolute atomic E-state index is 0.260. The van der Waals surface area contributed by atoms with Crippen LogP contribution in [0.1, 0.15) is 10.5 Å². The number of para-hydroxylation sites is 1. The third-order valence-corrected chi connectivity index (χ3v) is 2.56. The maximum atomic E-state index is 11.8. The minimum atomic E-state index is -1.30. The minimum Gasteiger partial charge on any atom is -0.480 e. The van der Waals surface area contributed by atoms with Crippen LogP contribution in [0.5, 0.6) is 0 Å². The molecule has 1 heterocycles. The van der Waals surface area contributed by atoms with E-state index in [0.29, 0.717) is 0 Å². The highest BCUT2D eigenvalue weighted by Gasteiger charge is 2.20. The number of aromatic nitrogens is 1. The SMILES string of the molecule is O=C(N[C@H](CO)C(=O)O)c1cc2ccccc2[nH]1. The Balaban J connectivity index is 2.20. The number of carbonyl (C=O) groups is 2. The van der Waals surface area contributed by atoms with Gasteiger partial charge in [-0.05, 0) is 12.1 Å². The summed E-state index contributed by atoms with van der Waals surface area (Å²) in [6, 6.07) is 7.64. The van der Waals surface area contributed by atoms with Crippen molar-refractivity contribution in [3.05, 3.63) is 36.0 Å². The number of nitrogens with one attached hydrogen (secondary N) is 2. The third kappa shape index (κ3) is 2.33. The van der Waals surface area contributed by atoms with Gasteiger partial charge in [-0.15, -0.1) is 0 Å². The van der Waals surface area contributed by atoms with E-state index in [0.717, 1.165) is 10.9 Å². The smallest absolute Gasteiger partial charge is 0.328 e. The summed E-state index contributed by atoms with van der Waals surface area (Å²) >= 11 is 0. The normalized spacial score (nSPS) is 12.3. The molecular weight excluding hydrogens is 236 g/mol. The van der Waals surface area contributed by atoms with Crippen molar-refractivity contribution in [1.82, 2.24) is 10.3 Å². The summed E-state index contributed by atoms with van der Waals surface area (Å²) in [6.07, 6.45) is 0. The number of carbonyl (C=O) groups excluding carboxylic acids is 1. The number of H-pyrrole nitrogens is 1. The van der Waals surface area contributed by atoms with Crippen LogP contribution >= 0.6 is 0 Å². The Labute approximate surface area is 102 Å². The first-order valence-electron chi connectivity index (χ1n) is 5.34. The lowest BCUT2D eigenvalue weighted by atomic mass is 10.2. The molecule has 0 radical (unpaired) electrons. The molecular formula is C12H12N2O4. The van der Waals surface area contributed by atoms with Crippen LogP contribution in [-0.2, 0) is 4.79 Å². The zero-order valence-corrected chi connectivity index (χ0v) is 9.38. The molecule has 0 saturated heterocycles. The van der Waals surface area contributed by atoms with Gasteiger partial charge in [-0.3, -0.25) is 4.79 Å². The molecule has 0 aliphatic heterocycles. The maximum absolute atomic E-state index is 11.8. The van der Waals surface area contributed by atoms with Crippen molar-refractivity contribution in [2.24, 2.45) is 0 Å². The molecule has 0 fully saturated rings. The summed E-state index contributed by atoms with van der Waals surface area (Å²) in [5, 5.41) is 20.6. The van der Waals surface area contributed by atoms with Crippen molar-refractivity contribution in [2.45, 2.75) is 6.04 Å². The number of carboxylic acids is 1. The monoisotopic (exact) mass is 248 g/mol. The van der Waals surface area contributed by atoms with Crippen molar-refractivity contribution in [3.8, 4) is 0 Å². The van der Waals surface area contributed by atoms with Crippen molar-refractivity contribution < 1.29 is 19.8 Å². The number of carboxylic acid groups (broad SMARTS) is 1. The van der Waals surface area contributed by atoms with Crippen LogP contribution in [0.15, 0.2) is 30.3 Å². The average Bonchev–Trinajstić information content (AvgIpc) is 2.79. The number of aliphatic carboxylic acids is 1. The number of benzene rings is 1. The van der Waals surface area contributed by atoms with E-state index >= 15 is 0 Å². The average molecular weight is 248 g/mol. The molecule has 2 aromatic rings. The molecule has 6 heteroatoms. The summed E-state index contributed by atoms with van der Waals surface area (Å²) in [5.74, 6) is -1.84. The Kier molecular flexibility index (Phi) is 3.29. The second-order valence-corrected chi connectivity index (χ2v) is 3.82. The van der Waals surface area contributed by atoms with E-state index in [1.807, 2.05) is 24.3 Å². The van der Waals surface area contributed by atoms with Gasteiger partial charge in [0.25, 0.3) is 5.91 Å². The van der Waals surface area contributed by atoms with E-state index < -0.39 is 24.5 Å². The second kappa shape index (κ2) is 4.89. The molecule has 94 valence electrons. The lowest BCUT2D eigenvalue weighted by molar-refractivity contribution is -0.140. The largest absolute Gasteiger partial charge is 0.480 e. The van der Waals surface area contributed by atoms with E-state index in [9.17, 15) is 9.59 Å². The number of aromatic amines is 1. The molecule has 18 heavy (non-hydrogen) atoms. The highest BCUT2D eigenvalue weighted by Crippen LogP contribution is 2.14. The van der Waals surface area contributed by atoms with Gasteiger partial charge in [0.1, 0.15) is 5.69 Å². The van der Waals surface area contributed by atoms with Crippen molar-refractivity contribution in [3.63, 3.8) is 0 Å². The molecule has 1 aromatic heterocycles. The topological polar surface area (TPSA) is 102 Å². The van der Waals surface area contributed by atoms with Gasteiger partial charge >= 0.3 is 5.97 Å². The van der Waals surface area contributed by atoms with Crippen molar-refractivity contribution >= 4 is 22.8 Å². The predicted molar refractivity (Wildman–Crippen MR) is 64.3 cm³/mol. The number of aliphatic hydroxyl groups is 1. The van der Waals surface area contributed by atoms with Gasteiger partial charge in [0.15, 0.2) is 6.04 Å². The van der Waals surface area contributed by atoms with Gasteiger partial charge < -0.3 is 20.5 Å². The Hall–Kier alpha value is -2.34. The summed E-state index contributed by atoms with van der Waals surface area (Å²) in [4.78, 5) is 25.3.